The van der Waals surface area contributed by atoms with Gasteiger partial charge in [0.2, 0.25) is 11.8 Å². The molecule has 2 amide bonds. The third-order valence-electron chi connectivity index (χ3n) is 4.23. The van der Waals surface area contributed by atoms with Gasteiger partial charge in [-0.25, -0.2) is 4.39 Å². The Labute approximate surface area is 128 Å². The van der Waals surface area contributed by atoms with Crippen molar-refractivity contribution in [1.82, 2.24) is 10.2 Å². The van der Waals surface area contributed by atoms with Crippen molar-refractivity contribution in [3.8, 4) is 0 Å². The molecule has 0 bridgehead atoms. The average Bonchev–Trinajstić information content (AvgIpc) is 2.56. The van der Waals surface area contributed by atoms with Gasteiger partial charge in [-0.15, -0.1) is 0 Å². The van der Waals surface area contributed by atoms with E-state index in [9.17, 15) is 14.0 Å². The third-order valence-corrected chi connectivity index (χ3v) is 4.23. The first kappa shape index (κ1) is 15.0. The number of rotatable bonds is 2. The summed E-state index contributed by atoms with van der Waals surface area (Å²) in [5, 5.41) is 2.74. The van der Waals surface area contributed by atoms with Crippen molar-refractivity contribution in [2.75, 3.05) is 26.2 Å². The molecule has 0 saturated carbocycles. The highest BCUT2D eigenvalue weighted by Gasteiger charge is 2.32. The highest BCUT2D eigenvalue weighted by Crippen LogP contribution is 2.24. The zero-order chi connectivity index (χ0) is 15.5. The predicted octanol–water partition coefficient (Wildman–Crippen LogP) is 1.25. The van der Waals surface area contributed by atoms with E-state index in [-0.39, 0.29) is 29.7 Å². The summed E-state index contributed by atoms with van der Waals surface area (Å²) in [6, 6.07) is 6.18. The van der Waals surface area contributed by atoms with Gasteiger partial charge in [-0.2, -0.15) is 0 Å². The van der Waals surface area contributed by atoms with E-state index in [1.807, 2.05) is 0 Å². The summed E-state index contributed by atoms with van der Waals surface area (Å²) in [5.41, 5.74) is 0.871. The molecule has 0 radical (unpaired) electrons. The monoisotopic (exact) mass is 306 g/mol. The molecule has 1 aromatic rings. The number of halogens is 1. The van der Waals surface area contributed by atoms with Crippen molar-refractivity contribution in [2.45, 2.75) is 18.9 Å². The van der Waals surface area contributed by atoms with Crippen molar-refractivity contribution < 1.29 is 18.7 Å². The smallest absolute Gasteiger partial charge is 0.227 e. The van der Waals surface area contributed by atoms with Gasteiger partial charge in [0.1, 0.15) is 11.9 Å². The van der Waals surface area contributed by atoms with Crippen molar-refractivity contribution in [1.29, 1.82) is 0 Å². The van der Waals surface area contributed by atoms with Crippen LogP contribution in [0, 0.1) is 11.7 Å². The molecule has 2 aliphatic heterocycles. The Bertz CT molecular complexity index is 551. The van der Waals surface area contributed by atoms with Crippen LogP contribution in [0.4, 0.5) is 4.39 Å². The molecule has 0 aliphatic carbocycles. The molecule has 118 valence electrons. The molecule has 0 aromatic heterocycles. The number of hydrogen-bond acceptors (Lipinski definition) is 3. The van der Waals surface area contributed by atoms with Crippen molar-refractivity contribution in [2.24, 2.45) is 5.92 Å². The SMILES string of the molecule is O=C1CC[C@H](C(=O)N2CCO[C@@H](c3ccc(F)cc3)C2)CN1. The minimum Gasteiger partial charge on any atom is -0.370 e. The van der Waals surface area contributed by atoms with Crippen LogP contribution >= 0.6 is 0 Å². The second-order valence-electron chi connectivity index (χ2n) is 5.73. The van der Waals surface area contributed by atoms with Crippen molar-refractivity contribution in [3.05, 3.63) is 35.6 Å². The van der Waals surface area contributed by atoms with Crippen LogP contribution in [0.5, 0.6) is 0 Å². The van der Waals surface area contributed by atoms with Gasteiger partial charge >= 0.3 is 0 Å². The van der Waals surface area contributed by atoms with Gasteiger partial charge in [-0.1, -0.05) is 12.1 Å². The number of nitrogens with zero attached hydrogens (tertiary/aromatic N) is 1. The van der Waals surface area contributed by atoms with Gasteiger partial charge in [0.15, 0.2) is 0 Å². The molecule has 2 fully saturated rings. The second-order valence-corrected chi connectivity index (χ2v) is 5.73. The first-order chi connectivity index (χ1) is 10.6. The maximum Gasteiger partial charge on any atom is 0.227 e. The van der Waals surface area contributed by atoms with Crippen molar-refractivity contribution in [3.63, 3.8) is 0 Å². The normalized spacial score (nSPS) is 25.7. The van der Waals surface area contributed by atoms with Crippen LogP contribution in [-0.2, 0) is 14.3 Å². The highest BCUT2D eigenvalue weighted by molar-refractivity contribution is 5.83. The Hall–Kier alpha value is -1.95. The Morgan fingerprint density at radius 2 is 2.09 bits per heavy atom. The summed E-state index contributed by atoms with van der Waals surface area (Å²) in [6.45, 7) is 1.90. The number of morpholine rings is 1. The number of benzene rings is 1. The van der Waals surface area contributed by atoms with E-state index in [0.717, 1.165) is 5.56 Å². The van der Waals surface area contributed by atoms with Crippen LogP contribution in [0.1, 0.15) is 24.5 Å². The van der Waals surface area contributed by atoms with Crippen LogP contribution in [-0.4, -0.2) is 43.0 Å². The molecular weight excluding hydrogens is 287 g/mol. The van der Waals surface area contributed by atoms with Gasteiger partial charge in [0.05, 0.1) is 19.1 Å². The molecule has 1 N–H and O–H groups in total. The second kappa shape index (κ2) is 6.44. The molecule has 3 rings (SSSR count). The van der Waals surface area contributed by atoms with E-state index < -0.39 is 0 Å². The van der Waals surface area contributed by atoms with Crippen LogP contribution in [0.15, 0.2) is 24.3 Å². The quantitative estimate of drug-likeness (QED) is 0.895. The summed E-state index contributed by atoms with van der Waals surface area (Å²) < 4.78 is 18.7. The molecular formula is C16H19FN2O3. The summed E-state index contributed by atoms with van der Waals surface area (Å²) >= 11 is 0. The third kappa shape index (κ3) is 3.27. The summed E-state index contributed by atoms with van der Waals surface area (Å²) in [4.78, 5) is 25.5. The van der Waals surface area contributed by atoms with Crippen LogP contribution in [0.25, 0.3) is 0 Å². The fourth-order valence-electron chi connectivity index (χ4n) is 2.93. The maximum atomic E-state index is 13.0. The van der Waals surface area contributed by atoms with Crippen LogP contribution in [0.2, 0.25) is 0 Å². The largest absolute Gasteiger partial charge is 0.370 e. The maximum absolute atomic E-state index is 13.0. The molecule has 0 unspecified atom stereocenters. The zero-order valence-electron chi connectivity index (χ0n) is 12.3. The van der Waals surface area contributed by atoms with Gasteiger partial charge < -0.3 is 15.0 Å². The number of ether oxygens (including phenoxy) is 1. The number of carbonyl (C=O) groups excluding carboxylic acids is 2. The minimum atomic E-state index is -0.287. The van der Waals surface area contributed by atoms with Crippen LogP contribution < -0.4 is 5.32 Å². The van der Waals surface area contributed by atoms with Gasteiger partial charge in [0.25, 0.3) is 0 Å². The Kier molecular flexibility index (Phi) is 4.38. The number of hydrogen-bond donors (Lipinski definition) is 1. The zero-order valence-corrected chi connectivity index (χ0v) is 12.3. The first-order valence-electron chi connectivity index (χ1n) is 7.56. The Balaban J connectivity index is 1.63. The summed E-state index contributed by atoms with van der Waals surface area (Å²) in [5.74, 6) is -0.360. The lowest BCUT2D eigenvalue weighted by Crippen LogP contribution is -2.49. The Morgan fingerprint density at radius 3 is 2.77 bits per heavy atom. The van der Waals surface area contributed by atoms with E-state index in [0.29, 0.717) is 39.1 Å². The molecule has 0 spiro atoms. The number of carbonyl (C=O) groups is 2. The fraction of sp³-hybridized carbons (Fsp3) is 0.500. The first-order valence-corrected chi connectivity index (χ1v) is 7.56. The molecule has 2 atom stereocenters. The lowest BCUT2D eigenvalue weighted by Gasteiger charge is -2.36. The minimum absolute atomic E-state index is 0.00946. The van der Waals surface area contributed by atoms with Gasteiger partial charge in [-0.3, -0.25) is 9.59 Å². The van der Waals surface area contributed by atoms with Gasteiger partial charge in [0, 0.05) is 19.5 Å². The average molecular weight is 306 g/mol. The van der Waals surface area contributed by atoms with E-state index in [2.05, 4.69) is 5.32 Å². The van der Waals surface area contributed by atoms with Crippen LogP contribution in [0.3, 0.4) is 0 Å². The topological polar surface area (TPSA) is 58.6 Å². The van der Waals surface area contributed by atoms with Gasteiger partial charge in [-0.05, 0) is 24.1 Å². The molecule has 2 aliphatic rings. The van der Waals surface area contributed by atoms with E-state index in [1.54, 1.807) is 17.0 Å². The molecule has 2 saturated heterocycles. The molecule has 5 nitrogen and oxygen atoms in total. The fourth-order valence-corrected chi connectivity index (χ4v) is 2.93. The van der Waals surface area contributed by atoms with E-state index >= 15 is 0 Å². The predicted molar refractivity (Wildman–Crippen MR) is 77.4 cm³/mol. The molecule has 1 aromatic carbocycles. The summed E-state index contributed by atoms with van der Waals surface area (Å²) in [7, 11) is 0. The lowest BCUT2D eigenvalue weighted by atomic mass is 9.97. The number of nitrogens with one attached hydrogen (secondary N) is 1. The molecule has 22 heavy (non-hydrogen) atoms. The summed E-state index contributed by atoms with van der Waals surface area (Å²) in [6.07, 6.45) is 0.780. The van der Waals surface area contributed by atoms with Crippen molar-refractivity contribution >= 4 is 11.8 Å². The number of piperidine rings is 1. The number of amides is 2. The van der Waals surface area contributed by atoms with E-state index in [1.165, 1.54) is 12.1 Å². The Morgan fingerprint density at radius 1 is 1.32 bits per heavy atom. The standard InChI is InChI=1S/C16H19FN2O3/c17-13-4-1-11(2-5-13)14-10-19(7-8-22-14)16(21)12-3-6-15(20)18-9-12/h1-2,4-5,12,14H,3,6-10H2,(H,18,20)/t12-,14+/m0/s1. The molecule has 6 heteroatoms. The lowest BCUT2D eigenvalue weighted by molar-refractivity contribution is -0.144. The molecule has 2 heterocycles. The highest BCUT2D eigenvalue weighted by atomic mass is 19.1. The van der Waals surface area contributed by atoms with E-state index in [4.69, 9.17) is 4.74 Å².